The van der Waals surface area contributed by atoms with Crippen LogP contribution in [0.25, 0.3) is 0 Å². The van der Waals surface area contributed by atoms with E-state index in [-0.39, 0.29) is 36.6 Å². The topological polar surface area (TPSA) is 74.3 Å². The number of halogens is 1. The zero-order valence-electron chi connectivity index (χ0n) is 18.6. The van der Waals surface area contributed by atoms with Crippen molar-refractivity contribution in [2.75, 3.05) is 46.9 Å². The van der Waals surface area contributed by atoms with Crippen molar-refractivity contribution < 1.29 is 23.8 Å². The summed E-state index contributed by atoms with van der Waals surface area (Å²) >= 11 is 0. The number of hydrogen-bond acceptors (Lipinski definition) is 6. The standard InChI is InChI=1S/C23H36FN3O4/c1-26(2)10-4-9-25-23(29)12-20-7-8-21-22(31-20)16-30-15-19(28)14-27(21)13-17-5-3-6-18(24)11-17/h3,5-6,11,19-22,28H,4,7-10,12-16H2,1-2H3,(H,25,29)/t19-,20-,21-,22+/m1/s1. The van der Waals surface area contributed by atoms with Gasteiger partial charge in [-0.3, -0.25) is 9.69 Å². The third kappa shape index (κ3) is 7.80. The Morgan fingerprint density at radius 3 is 2.94 bits per heavy atom. The molecule has 2 heterocycles. The van der Waals surface area contributed by atoms with Crippen molar-refractivity contribution in [3.05, 3.63) is 35.6 Å². The number of aliphatic hydroxyl groups is 1. The van der Waals surface area contributed by atoms with Crippen molar-refractivity contribution in [2.45, 2.75) is 56.6 Å². The number of benzene rings is 1. The summed E-state index contributed by atoms with van der Waals surface area (Å²) in [5, 5.41) is 13.3. The number of ether oxygens (including phenoxy) is 2. The molecule has 0 aromatic heterocycles. The molecule has 7 nitrogen and oxygen atoms in total. The van der Waals surface area contributed by atoms with E-state index in [1.54, 1.807) is 6.07 Å². The van der Waals surface area contributed by atoms with Gasteiger partial charge >= 0.3 is 0 Å². The highest BCUT2D eigenvalue weighted by molar-refractivity contribution is 5.76. The minimum absolute atomic E-state index is 0.0148. The molecule has 0 spiro atoms. The Bertz CT molecular complexity index is 705. The summed E-state index contributed by atoms with van der Waals surface area (Å²) in [6, 6.07) is 6.62. The number of fused-ring (bicyclic) bond motifs is 1. The predicted molar refractivity (Wildman–Crippen MR) is 116 cm³/mol. The SMILES string of the molecule is CN(C)CCCNC(=O)C[C@H]1CC[C@@H]2[C@H](COC[C@H](O)CN2Cc2cccc(F)c2)O1. The number of nitrogens with zero attached hydrogens (tertiary/aromatic N) is 2. The van der Waals surface area contributed by atoms with Gasteiger partial charge in [0.15, 0.2) is 0 Å². The minimum atomic E-state index is -0.597. The lowest BCUT2D eigenvalue weighted by molar-refractivity contribution is -0.158. The summed E-state index contributed by atoms with van der Waals surface area (Å²) < 4.78 is 25.6. The molecule has 174 valence electrons. The van der Waals surface area contributed by atoms with Gasteiger partial charge in [0.2, 0.25) is 5.91 Å². The first-order valence-electron chi connectivity index (χ1n) is 11.2. The van der Waals surface area contributed by atoms with Crippen LogP contribution < -0.4 is 5.32 Å². The van der Waals surface area contributed by atoms with Gasteiger partial charge in [0, 0.05) is 25.7 Å². The maximum Gasteiger partial charge on any atom is 0.222 e. The van der Waals surface area contributed by atoms with E-state index >= 15 is 0 Å². The molecule has 1 aromatic rings. The Morgan fingerprint density at radius 1 is 1.32 bits per heavy atom. The average Bonchev–Trinajstić information content (AvgIpc) is 2.70. The first kappa shape index (κ1) is 24.1. The Hall–Kier alpha value is -1.58. The molecule has 0 unspecified atom stereocenters. The highest BCUT2D eigenvalue weighted by Gasteiger charge is 2.38. The summed E-state index contributed by atoms with van der Waals surface area (Å²) in [6.45, 7) is 3.20. The lowest BCUT2D eigenvalue weighted by Gasteiger charge is -2.44. The van der Waals surface area contributed by atoms with Crippen LogP contribution >= 0.6 is 0 Å². The van der Waals surface area contributed by atoms with Crippen LogP contribution in [0.3, 0.4) is 0 Å². The maximum absolute atomic E-state index is 13.6. The zero-order chi connectivity index (χ0) is 22.2. The molecular formula is C23H36FN3O4. The van der Waals surface area contributed by atoms with Crippen molar-refractivity contribution in [3.63, 3.8) is 0 Å². The van der Waals surface area contributed by atoms with E-state index in [1.165, 1.54) is 12.1 Å². The molecule has 1 aromatic carbocycles. The molecule has 2 N–H and O–H groups in total. The number of nitrogens with one attached hydrogen (secondary N) is 1. The fourth-order valence-corrected chi connectivity index (χ4v) is 4.40. The van der Waals surface area contributed by atoms with Crippen LogP contribution in [0.4, 0.5) is 4.39 Å². The van der Waals surface area contributed by atoms with Gasteiger partial charge in [0.25, 0.3) is 0 Å². The van der Waals surface area contributed by atoms with E-state index in [9.17, 15) is 14.3 Å². The molecule has 4 atom stereocenters. The highest BCUT2D eigenvalue weighted by atomic mass is 19.1. The predicted octanol–water partition coefficient (Wildman–Crippen LogP) is 1.39. The highest BCUT2D eigenvalue weighted by Crippen LogP contribution is 2.28. The fraction of sp³-hybridized carbons (Fsp3) is 0.696. The van der Waals surface area contributed by atoms with Gasteiger partial charge in [-0.15, -0.1) is 0 Å². The second-order valence-electron chi connectivity index (χ2n) is 8.90. The van der Waals surface area contributed by atoms with Gasteiger partial charge in [0.1, 0.15) is 5.82 Å². The Kier molecular flexibility index (Phi) is 9.22. The van der Waals surface area contributed by atoms with Crippen LogP contribution in [0.5, 0.6) is 0 Å². The molecule has 0 saturated carbocycles. The van der Waals surface area contributed by atoms with Gasteiger partial charge in [-0.1, -0.05) is 12.1 Å². The van der Waals surface area contributed by atoms with Crippen molar-refractivity contribution in [2.24, 2.45) is 0 Å². The number of β-amino-alcohol motifs (C(OH)–C–C–N with tert-alkyl or cyclic N) is 1. The van der Waals surface area contributed by atoms with Crippen molar-refractivity contribution in [3.8, 4) is 0 Å². The van der Waals surface area contributed by atoms with E-state index < -0.39 is 6.10 Å². The summed E-state index contributed by atoms with van der Waals surface area (Å²) in [5.41, 5.74) is 0.867. The maximum atomic E-state index is 13.6. The van der Waals surface area contributed by atoms with E-state index in [2.05, 4.69) is 15.1 Å². The lowest BCUT2D eigenvalue weighted by atomic mass is 9.94. The molecule has 2 aliphatic heterocycles. The summed E-state index contributed by atoms with van der Waals surface area (Å²) in [5.74, 6) is -0.248. The minimum Gasteiger partial charge on any atom is -0.389 e. The van der Waals surface area contributed by atoms with E-state index in [0.29, 0.717) is 32.7 Å². The molecular weight excluding hydrogens is 401 g/mol. The van der Waals surface area contributed by atoms with E-state index in [0.717, 1.165) is 31.4 Å². The third-order valence-corrected chi connectivity index (χ3v) is 5.88. The summed E-state index contributed by atoms with van der Waals surface area (Å²) in [4.78, 5) is 16.6. The number of carbonyl (C=O) groups excluding carboxylic acids is 1. The van der Waals surface area contributed by atoms with Crippen LogP contribution in [0.2, 0.25) is 0 Å². The van der Waals surface area contributed by atoms with Crippen molar-refractivity contribution >= 4 is 5.91 Å². The number of aliphatic hydroxyl groups excluding tert-OH is 1. The van der Waals surface area contributed by atoms with Crippen LogP contribution in [0, 0.1) is 5.82 Å². The monoisotopic (exact) mass is 437 g/mol. The quantitative estimate of drug-likeness (QED) is 0.599. The zero-order valence-corrected chi connectivity index (χ0v) is 18.6. The fourth-order valence-electron chi connectivity index (χ4n) is 4.40. The van der Waals surface area contributed by atoms with Gasteiger partial charge in [-0.2, -0.15) is 0 Å². The summed E-state index contributed by atoms with van der Waals surface area (Å²) in [6.07, 6.45) is 1.95. The van der Waals surface area contributed by atoms with E-state index in [1.807, 2.05) is 20.2 Å². The second-order valence-corrected chi connectivity index (χ2v) is 8.90. The largest absolute Gasteiger partial charge is 0.389 e. The third-order valence-electron chi connectivity index (χ3n) is 5.88. The first-order chi connectivity index (χ1) is 14.9. The Morgan fingerprint density at radius 2 is 2.16 bits per heavy atom. The molecule has 31 heavy (non-hydrogen) atoms. The number of hydrogen-bond donors (Lipinski definition) is 2. The normalized spacial score (nSPS) is 27.4. The molecule has 3 rings (SSSR count). The number of amides is 1. The second kappa shape index (κ2) is 11.9. The summed E-state index contributed by atoms with van der Waals surface area (Å²) in [7, 11) is 4.03. The smallest absolute Gasteiger partial charge is 0.222 e. The Labute approximate surface area is 184 Å². The first-order valence-corrected chi connectivity index (χ1v) is 11.2. The van der Waals surface area contributed by atoms with Gasteiger partial charge < -0.3 is 24.8 Å². The molecule has 2 fully saturated rings. The van der Waals surface area contributed by atoms with Crippen LogP contribution in [0.15, 0.2) is 24.3 Å². The van der Waals surface area contributed by atoms with E-state index in [4.69, 9.17) is 9.47 Å². The molecule has 0 bridgehead atoms. The van der Waals surface area contributed by atoms with Gasteiger partial charge in [-0.05, 0) is 57.6 Å². The molecule has 0 aliphatic carbocycles. The molecule has 1 amide bonds. The van der Waals surface area contributed by atoms with Crippen molar-refractivity contribution in [1.82, 2.24) is 15.1 Å². The number of carbonyl (C=O) groups is 1. The van der Waals surface area contributed by atoms with Gasteiger partial charge in [-0.25, -0.2) is 4.39 Å². The van der Waals surface area contributed by atoms with Crippen LogP contribution in [-0.4, -0.2) is 92.1 Å². The molecule has 2 saturated heterocycles. The molecule has 2 aliphatic rings. The Balaban J connectivity index is 1.56. The van der Waals surface area contributed by atoms with Crippen LogP contribution in [-0.2, 0) is 20.8 Å². The molecule has 0 radical (unpaired) electrons. The molecule has 8 heteroatoms. The van der Waals surface area contributed by atoms with Crippen molar-refractivity contribution in [1.29, 1.82) is 0 Å². The lowest BCUT2D eigenvalue weighted by Crippen LogP contribution is -2.55. The van der Waals surface area contributed by atoms with Crippen LogP contribution in [0.1, 0.15) is 31.2 Å². The average molecular weight is 438 g/mol. The van der Waals surface area contributed by atoms with Gasteiger partial charge in [0.05, 0.1) is 37.9 Å². The number of rotatable bonds is 8.